The second-order valence-corrected chi connectivity index (χ2v) is 7.36. The first kappa shape index (κ1) is 17.7. The lowest BCUT2D eigenvalue weighted by Gasteiger charge is -2.06. The number of rotatable bonds is 4. The zero-order valence-electron chi connectivity index (χ0n) is 13.4. The maximum absolute atomic E-state index is 12.7. The number of hydrogen-bond donors (Lipinski definition) is 0. The largest absolute Gasteiger partial charge is 0.442 e. The molecule has 138 valence electrons. The van der Waals surface area contributed by atoms with Crippen molar-refractivity contribution in [2.24, 2.45) is 0 Å². The van der Waals surface area contributed by atoms with E-state index in [-0.39, 0.29) is 6.54 Å². The lowest BCUT2D eigenvalue weighted by Crippen LogP contribution is -2.16. The van der Waals surface area contributed by atoms with Gasteiger partial charge in [0.2, 0.25) is 0 Å². The van der Waals surface area contributed by atoms with Crippen molar-refractivity contribution >= 4 is 22.7 Å². The molecule has 0 saturated heterocycles. The van der Waals surface area contributed by atoms with Gasteiger partial charge in [-0.3, -0.25) is 4.52 Å². The van der Waals surface area contributed by atoms with E-state index in [2.05, 4.69) is 10.1 Å². The van der Waals surface area contributed by atoms with Gasteiger partial charge in [0.05, 0.1) is 22.7 Å². The Bertz CT molecular complexity index is 1110. The van der Waals surface area contributed by atoms with Crippen LogP contribution < -0.4 is 5.76 Å². The van der Waals surface area contributed by atoms with Crippen molar-refractivity contribution in [1.29, 1.82) is 0 Å². The lowest BCUT2D eigenvalue weighted by molar-refractivity contribution is -0.137. The van der Waals surface area contributed by atoms with Gasteiger partial charge in [-0.15, -0.1) is 22.7 Å². The van der Waals surface area contributed by atoms with Crippen LogP contribution >= 0.6 is 22.7 Å². The first-order valence-corrected chi connectivity index (χ1v) is 9.40. The van der Waals surface area contributed by atoms with Crippen LogP contribution in [0.2, 0.25) is 0 Å². The molecule has 3 heterocycles. The van der Waals surface area contributed by atoms with Gasteiger partial charge >= 0.3 is 11.9 Å². The molecule has 0 unspecified atom stereocenters. The van der Waals surface area contributed by atoms with Crippen molar-refractivity contribution in [3.05, 3.63) is 69.0 Å². The minimum absolute atomic E-state index is 0.159. The van der Waals surface area contributed by atoms with Crippen LogP contribution in [0.15, 0.2) is 56.5 Å². The molecule has 0 atom stereocenters. The monoisotopic (exact) mass is 409 g/mol. The molecule has 0 fully saturated rings. The van der Waals surface area contributed by atoms with Crippen LogP contribution in [-0.2, 0) is 12.7 Å². The maximum atomic E-state index is 12.7. The summed E-state index contributed by atoms with van der Waals surface area (Å²) in [5.74, 6) is -0.179. The molecular formula is C17H10F3N3O2S2. The Morgan fingerprint density at radius 3 is 2.56 bits per heavy atom. The van der Waals surface area contributed by atoms with Crippen molar-refractivity contribution in [3.63, 3.8) is 0 Å². The van der Waals surface area contributed by atoms with Crippen LogP contribution in [0.3, 0.4) is 0 Å². The van der Waals surface area contributed by atoms with Gasteiger partial charge in [0, 0.05) is 10.9 Å². The van der Waals surface area contributed by atoms with E-state index in [1.807, 2.05) is 17.5 Å². The van der Waals surface area contributed by atoms with Gasteiger partial charge < -0.3 is 0 Å². The van der Waals surface area contributed by atoms with Crippen LogP contribution in [-0.4, -0.2) is 14.7 Å². The van der Waals surface area contributed by atoms with E-state index in [4.69, 9.17) is 4.52 Å². The minimum Gasteiger partial charge on any atom is -0.295 e. The molecule has 0 aliphatic heterocycles. The molecule has 0 aliphatic rings. The average molecular weight is 409 g/mol. The normalized spacial score (nSPS) is 11.8. The average Bonchev–Trinajstić information content (AvgIpc) is 3.37. The van der Waals surface area contributed by atoms with Crippen LogP contribution in [0.5, 0.6) is 0 Å². The van der Waals surface area contributed by atoms with Gasteiger partial charge in [0.25, 0.3) is 0 Å². The number of thiazole rings is 1. The molecule has 0 amide bonds. The number of halogens is 3. The Kier molecular flexibility index (Phi) is 4.44. The number of hydrogen-bond acceptors (Lipinski definition) is 6. The summed E-state index contributed by atoms with van der Waals surface area (Å²) in [6.07, 6.45) is -4.37. The fraction of sp³-hybridized carbons (Fsp3) is 0.118. The van der Waals surface area contributed by atoms with Crippen molar-refractivity contribution in [3.8, 4) is 21.3 Å². The van der Waals surface area contributed by atoms with Crippen LogP contribution in [0.1, 0.15) is 11.3 Å². The zero-order chi connectivity index (χ0) is 19.0. The van der Waals surface area contributed by atoms with E-state index in [1.165, 1.54) is 39.4 Å². The Hall–Kier alpha value is -2.72. The lowest BCUT2D eigenvalue weighted by atomic mass is 10.1. The molecule has 0 N–H and O–H groups in total. The number of alkyl halides is 3. The van der Waals surface area contributed by atoms with E-state index < -0.39 is 17.5 Å². The third kappa shape index (κ3) is 3.58. The molecule has 0 saturated carbocycles. The second kappa shape index (κ2) is 6.78. The summed E-state index contributed by atoms with van der Waals surface area (Å²) in [5.41, 5.74) is 0.466. The van der Waals surface area contributed by atoms with E-state index in [9.17, 15) is 18.0 Å². The van der Waals surface area contributed by atoms with Crippen molar-refractivity contribution in [1.82, 2.24) is 14.7 Å². The van der Waals surface area contributed by atoms with Crippen molar-refractivity contribution in [2.45, 2.75) is 12.7 Å². The van der Waals surface area contributed by atoms with Gasteiger partial charge in [0.15, 0.2) is 5.82 Å². The minimum atomic E-state index is -4.37. The Labute approximate surface area is 158 Å². The van der Waals surface area contributed by atoms with E-state index in [1.54, 1.807) is 5.38 Å². The van der Waals surface area contributed by atoms with Crippen molar-refractivity contribution in [2.75, 3.05) is 0 Å². The van der Waals surface area contributed by atoms with Gasteiger partial charge in [-0.05, 0) is 23.6 Å². The molecule has 10 heteroatoms. The summed E-state index contributed by atoms with van der Waals surface area (Å²) >= 11 is 2.72. The molecule has 3 aromatic heterocycles. The molecule has 1 aromatic carbocycles. The fourth-order valence-electron chi connectivity index (χ4n) is 2.47. The highest BCUT2D eigenvalue weighted by Gasteiger charge is 2.30. The summed E-state index contributed by atoms with van der Waals surface area (Å²) in [6.45, 7) is 0.159. The summed E-state index contributed by atoms with van der Waals surface area (Å²) in [7, 11) is 0. The van der Waals surface area contributed by atoms with E-state index in [0.29, 0.717) is 22.1 Å². The number of thiophene rings is 1. The van der Waals surface area contributed by atoms with Crippen molar-refractivity contribution < 1.29 is 17.7 Å². The van der Waals surface area contributed by atoms with Gasteiger partial charge in [-0.2, -0.15) is 13.2 Å². The molecule has 5 nitrogen and oxygen atoms in total. The second-order valence-electron chi connectivity index (χ2n) is 5.55. The highest BCUT2D eigenvalue weighted by molar-refractivity contribution is 7.13. The Morgan fingerprint density at radius 2 is 1.89 bits per heavy atom. The number of nitrogens with zero attached hydrogens (tertiary/aromatic N) is 3. The first-order chi connectivity index (χ1) is 12.9. The highest BCUT2D eigenvalue weighted by Crippen LogP contribution is 2.32. The Morgan fingerprint density at radius 1 is 1.11 bits per heavy atom. The first-order valence-electron chi connectivity index (χ1n) is 7.64. The summed E-state index contributed by atoms with van der Waals surface area (Å²) in [5, 5.41) is 8.00. The molecule has 0 radical (unpaired) electrons. The van der Waals surface area contributed by atoms with Gasteiger partial charge in [-0.25, -0.2) is 14.3 Å². The number of benzene rings is 1. The third-order valence-corrected chi connectivity index (χ3v) is 5.56. The topological polar surface area (TPSA) is 60.9 Å². The SMILES string of the molecule is O=c1onc(-c2cccs2)n1Cc1csc(-c2ccc(C(F)(F)F)cc2)n1. The molecule has 0 aliphatic carbocycles. The predicted molar refractivity (Wildman–Crippen MR) is 95.7 cm³/mol. The molecule has 0 bridgehead atoms. The Balaban J connectivity index is 1.60. The van der Waals surface area contributed by atoms with E-state index in [0.717, 1.165) is 17.0 Å². The summed E-state index contributed by atoms with van der Waals surface area (Å²) in [6, 6.07) is 8.48. The summed E-state index contributed by atoms with van der Waals surface area (Å²) < 4.78 is 44.1. The summed E-state index contributed by atoms with van der Waals surface area (Å²) in [4.78, 5) is 17.2. The number of aromatic nitrogens is 3. The maximum Gasteiger partial charge on any atom is 0.442 e. The van der Waals surface area contributed by atoms with Crippen LogP contribution in [0.4, 0.5) is 13.2 Å². The molecule has 27 heavy (non-hydrogen) atoms. The fourth-order valence-corrected chi connectivity index (χ4v) is 4.00. The molecule has 4 rings (SSSR count). The highest BCUT2D eigenvalue weighted by atomic mass is 32.1. The molecule has 4 aromatic rings. The standard InChI is InChI=1S/C17H10F3N3O2S2/c18-17(19,20)11-5-3-10(4-6-11)15-21-12(9-27-15)8-23-14(22-25-16(23)24)13-2-1-7-26-13/h1-7,9H,8H2. The molecule has 0 spiro atoms. The predicted octanol–water partition coefficient (Wildman–Crippen LogP) is 4.76. The molecular weight excluding hydrogens is 399 g/mol. The smallest absolute Gasteiger partial charge is 0.295 e. The van der Waals surface area contributed by atoms with Crippen LogP contribution in [0.25, 0.3) is 21.3 Å². The van der Waals surface area contributed by atoms with Gasteiger partial charge in [0.1, 0.15) is 5.01 Å². The van der Waals surface area contributed by atoms with Gasteiger partial charge in [-0.1, -0.05) is 23.4 Å². The quantitative estimate of drug-likeness (QED) is 0.488. The third-order valence-electron chi connectivity index (χ3n) is 3.76. The van der Waals surface area contributed by atoms with Crippen LogP contribution in [0, 0.1) is 0 Å². The zero-order valence-corrected chi connectivity index (χ0v) is 15.1. The van der Waals surface area contributed by atoms with E-state index >= 15 is 0 Å².